The normalized spacial score (nSPS) is 12.3. The second kappa shape index (κ2) is 6.50. The van der Waals surface area contributed by atoms with Crippen molar-refractivity contribution in [3.63, 3.8) is 0 Å². The number of hydrogen-bond acceptors (Lipinski definition) is 3. The van der Waals surface area contributed by atoms with E-state index in [0.717, 1.165) is 0 Å². The van der Waals surface area contributed by atoms with E-state index in [-0.39, 0.29) is 0 Å². The summed E-state index contributed by atoms with van der Waals surface area (Å²) >= 11 is 0. The number of alkyl halides is 3. The van der Waals surface area contributed by atoms with Crippen molar-refractivity contribution in [3.8, 4) is 0 Å². The van der Waals surface area contributed by atoms with Gasteiger partial charge < -0.3 is 4.55 Å². The minimum atomic E-state index is -6.09. The Morgan fingerprint density at radius 3 is 2.22 bits per heavy atom. The maximum Gasteiger partial charge on any atom is 0.485 e. The molecule has 0 fully saturated rings. The second-order valence-corrected chi connectivity index (χ2v) is 4.41. The summed E-state index contributed by atoms with van der Waals surface area (Å²) in [5.41, 5.74) is -5.65. The molecular weight excluding hydrogens is 280 g/mol. The first-order chi connectivity index (χ1) is 8.08. The Bertz CT molecular complexity index is 493. The molecule has 1 aromatic rings. The van der Waals surface area contributed by atoms with E-state index >= 15 is 0 Å². The van der Waals surface area contributed by atoms with E-state index in [0.29, 0.717) is 12.9 Å². The highest BCUT2D eigenvalue weighted by Gasteiger charge is 2.36. The van der Waals surface area contributed by atoms with Crippen molar-refractivity contribution < 1.29 is 35.1 Å². The fraction of sp³-hybridized carbons (Fsp3) is 0.375. The quantitative estimate of drug-likeness (QED) is 0.351. The summed E-state index contributed by atoms with van der Waals surface area (Å²) in [5.74, 6) is 0. The molecule has 0 aliphatic rings. The summed E-state index contributed by atoms with van der Waals surface area (Å²) in [6.45, 7) is 0.595. The van der Waals surface area contributed by atoms with Gasteiger partial charge in [-0.2, -0.15) is 13.2 Å². The van der Waals surface area contributed by atoms with Crippen LogP contribution in [0.15, 0.2) is 31.1 Å². The second-order valence-electron chi connectivity index (χ2n) is 3.04. The first-order valence-corrected chi connectivity index (χ1v) is 5.77. The lowest BCUT2D eigenvalue weighted by atomic mass is 10.6. The van der Waals surface area contributed by atoms with Crippen molar-refractivity contribution in [2.45, 2.75) is 12.1 Å². The summed E-state index contributed by atoms with van der Waals surface area (Å²) in [5, 5.41) is 0. The van der Waals surface area contributed by atoms with Crippen LogP contribution in [0.4, 0.5) is 17.6 Å². The number of rotatable bonds is 2. The Kier molecular flexibility index (Phi) is 5.98. The van der Waals surface area contributed by atoms with Crippen LogP contribution in [0.5, 0.6) is 0 Å². The molecule has 104 valence electrons. The largest absolute Gasteiger partial charge is 0.741 e. The summed E-state index contributed by atoms with van der Waals surface area (Å²) < 4.78 is 74.2. The molecule has 0 aliphatic heterocycles. The SMILES string of the molecule is C[n+]1ccn(CC=CF)c1.O=S(=O)([O-])C(F)(F)F. The Balaban J connectivity index is 0.000000331. The Hall–Kier alpha value is -1.42. The number of hydrogen-bond donors (Lipinski definition) is 0. The molecule has 0 N–H and O–H groups in total. The van der Waals surface area contributed by atoms with Gasteiger partial charge in [0.2, 0.25) is 6.33 Å². The lowest BCUT2D eigenvalue weighted by molar-refractivity contribution is -0.671. The maximum absolute atomic E-state index is 11.5. The molecule has 0 atom stereocenters. The lowest BCUT2D eigenvalue weighted by Crippen LogP contribution is -2.23. The lowest BCUT2D eigenvalue weighted by Gasteiger charge is -2.08. The molecule has 0 aromatic carbocycles. The minimum Gasteiger partial charge on any atom is -0.741 e. The average Bonchev–Trinajstić information content (AvgIpc) is 2.59. The molecule has 0 unspecified atom stereocenters. The van der Waals surface area contributed by atoms with Gasteiger partial charge in [-0.15, -0.1) is 0 Å². The Morgan fingerprint density at radius 2 is 1.94 bits per heavy atom. The minimum absolute atomic E-state index is 0.556. The van der Waals surface area contributed by atoms with Gasteiger partial charge in [-0.3, -0.25) is 0 Å². The van der Waals surface area contributed by atoms with Crippen molar-refractivity contribution in [1.29, 1.82) is 0 Å². The molecule has 10 heteroatoms. The molecule has 0 aliphatic carbocycles. The molecule has 18 heavy (non-hydrogen) atoms. The van der Waals surface area contributed by atoms with Crippen LogP contribution in [0.3, 0.4) is 0 Å². The highest BCUT2D eigenvalue weighted by atomic mass is 32.2. The van der Waals surface area contributed by atoms with Crippen LogP contribution in [-0.2, 0) is 23.7 Å². The fourth-order valence-corrected chi connectivity index (χ4v) is 0.771. The third-order valence-electron chi connectivity index (χ3n) is 1.51. The average molecular weight is 290 g/mol. The molecular formula is C8H10F4N2O3S. The van der Waals surface area contributed by atoms with Crippen molar-refractivity contribution in [3.05, 3.63) is 31.1 Å². The number of imidazole rings is 1. The van der Waals surface area contributed by atoms with Gasteiger partial charge in [-0.05, 0) is 6.08 Å². The Labute approximate surface area is 101 Å². The summed E-state index contributed by atoms with van der Waals surface area (Å²) in [6.07, 6.45) is 7.70. The van der Waals surface area contributed by atoms with Gasteiger partial charge in [-0.1, -0.05) is 0 Å². The van der Waals surface area contributed by atoms with Gasteiger partial charge >= 0.3 is 5.51 Å². The first kappa shape index (κ1) is 16.6. The standard InChI is InChI=1S/C7H10FN2.CHF3O3S/c1-9-5-6-10(7-9)4-2-3-8;2-1(3,4)8(5,6)7/h2-3,5-7H,4H2,1H3;(H,5,6,7)/q+1;/p-1. The summed E-state index contributed by atoms with van der Waals surface area (Å²) in [7, 11) is -4.16. The zero-order chi connectivity index (χ0) is 14.4. The topological polar surface area (TPSA) is 66.0 Å². The molecule has 0 saturated carbocycles. The van der Waals surface area contributed by atoms with Crippen molar-refractivity contribution >= 4 is 10.1 Å². The summed E-state index contributed by atoms with van der Waals surface area (Å²) in [4.78, 5) is 0. The van der Waals surface area contributed by atoms with Gasteiger partial charge in [0, 0.05) is 0 Å². The predicted octanol–water partition coefficient (Wildman–Crippen LogP) is 0.847. The van der Waals surface area contributed by atoms with E-state index in [2.05, 4.69) is 0 Å². The van der Waals surface area contributed by atoms with Crippen molar-refractivity contribution in [1.82, 2.24) is 4.57 Å². The Morgan fingerprint density at radius 1 is 1.44 bits per heavy atom. The molecule has 0 saturated heterocycles. The van der Waals surface area contributed by atoms with E-state index in [1.165, 1.54) is 6.08 Å². The van der Waals surface area contributed by atoms with E-state index in [1.807, 2.05) is 34.9 Å². The molecule has 0 amide bonds. The third kappa shape index (κ3) is 6.35. The highest BCUT2D eigenvalue weighted by Crippen LogP contribution is 2.20. The fourth-order valence-electron chi connectivity index (χ4n) is 0.771. The molecule has 0 bridgehead atoms. The van der Waals surface area contributed by atoms with Crippen LogP contribution in [0.25, 0.3) is 0 Å². The molecule has 1 heterocycles. The predicted molar refractivity (Wildman–Crippen MR) is 51.6 cm³/mol. The van der Waals surface area contributed by atoms with Crippen LogP contribution in [0.1, 0.15) is 0 Å². The highest BCUT2D eigenvalue weighted by molar-refractivity contribution is 7.86. The number of nitrogens with zero attached hydrogens (tertiary/aromatic N) is 2. The number of halogens is 4. The first-order valence-electron chi connectivity index (χ1n) is 4.36. The van der Waals surface area contributed by atoms with E-state index in [9.17, 15) is 17.6 Å². The van der Waals surface area contributed by atoms with Crippen LogP contribution in [0, 0.1) is 0 Å². The van der Waals surface area contributed by atoms with E-state index in [1.54, 1.807) is 0 Å². The van der Waals surface area contributed by atoms with Crippen molar-refractivity contribution in [2.24, 2.45) is 7.05 Å². The van der Waals surface area contributed by atoms with Crippen LogP contribution >= 0.6 is 0 Å². The number of allylic oxidation sites excluding steroid dienone is 1. The monoisotopic (exact) mass is 290 g/mol. The zero-order valence-corrected chi connectivity index (χ0v) is 9.95. The van der Waals surface area contributed by atoms with E-state index in [4.69, 9.17) is 13.0 Å². The third-order valence-corrected chi connectivity index (χ3v) is 2.08. The van der Waals surface area contributed by atoms with Crippen LogP contribution < -0.4 is 4.57 Å². The molecule has 0 spiro atoms. The maximum atomic E-state index is 11.5. The smallest absolute Gasteiger partial charge is 0.485 e. The van der Waals surface area contributed by atoms with E-state index < -0.39 is 15.6 Å². The van der Waals surface area contributed by atoms with Gasteiger partial charge in [0.25, 0.3) is 0 Å². The van der Waals surface area contributed by atoms with Crippen LogP contribution in [-0.4, -0.2) is 23.0 Å². The van der Waals surface area contributed by atoms with Crippen molar-refractivity contribution in [2.75, 3.05) is 0 Å². The molecule has 1 rings (SSSR count). The van der Waals surface area contributed by atoms with Crippen LogP contribution in [0.2, 0.25) is 0 Å². The molecule has 1 aromatic heterocycles. The summed E-state index contributed by atoms with van der Waals surface area (Å²) in [6, 6.07) is 0. The molecule has 0 radical (unpaired) electrons. The van der Waals surface area contributed by atoms with Gasteiger partial charge in [-0.25, -0.2) is 21.9 Å². The van der Waals surface area contributed by atoms with Gasteiger partial charge in [0.15, 0.2) is 10.1 Å². The van der Waals surface area contributed by atoms with Gasteiger partial charge in [0.05, 0.1) is 13.4 Å². The number of aryl methyl sites for hydroxylation is 1. The zero-order valence-electron chi connectivity index (χ0n) is 9.13. The number of aromatic nitrogens is 2. The molecule has 5 nitrogen and oxygen atoms in total. The van der Waals surface area contributed by atoms with Gasteiger partial charge in [0.1, 0.15) is 18.9 Å².